The number of hydrogen-bond acceptors (Lipinski definition) is 5. The van der Waals surface area contributed by atoms with Crippen molar-refractivity contribution in [1.29, 1.82) is 0 Å². The van der Waals surface area contributed by atoms with Gasteiger partial charge in [-0.05, 0) is 53.2 Å². The van der Waals surface area contributed by atoms with Crippen molar-refractivity contribution in [2.75, 3.05) is 6.61 Å². The van der Waals surface area contributed by atoms with Gasteiger partial charge in [-0.1, -0.05) is 31.5 Å². The minimum atomic E-state index is -0.835. The topological polar surface area (TPSA) is 65.1 Å². The Morgan fingerprint density at radius 3 is 2.44 bits per heavy atom. The Kier molecular flexibility index (Phi) is 6.52. The van der Waals surface area contributed by atoms with Gasteiger partial charge in [0.15, 0.2) is 0 Å². The molecule has 1 heterocycles. The highest BCUT2D eigenvalue weighted by molar-refractivity contribution is 5.89. The summed E-state index contributed by atoms with van der Waals surface area (Å²) in [6.45, 7) is 11.4. The van der Waals surface area contributed by atoms with E-state index in [1.54, 1.807) is 29.2 Å². The summed E-state index contributed by atoms with van der Waals surface area (Å²) < 4.78 is 17.2. The molecule has 0 aliphatic carbocycles. The highest BCUT2D eigenvalue weighted by Crippen LogP contribution is 2.33. The fourth-order valence-corrected chi connectivity index (χ4v) is 3.17. The van der Waals surface area contributed by atoms with Crippen LogP contribution in [0.15, 0.2) is 30.3 Å². The monoisotopic (exact) mass is 377 g/mol. The molecular formula is C21H31NO5. The first-order valence-corrected chi connectivity index (χ1v) is 9.47. The fourth-order valence-electron chi connectivity index (χ4n) is 3.17. The lowest BCUT2D eigenvalue weighted by Crippen LogP contribution is -2.54. The Balaban J connectivity index is 2.23. The summed E-state index contributed by atoms with van der Waals surface area (Å²) >= 11 is 0. The molecule has 2 unspecified atom stereocenters. The minimum absolute atomic E-state index is 0.291. The number of amides is 1. The summed E-state index contributed by atoms with van der Waals surface area (Å²) in [6, 6.07) is 8.46. The number of carbonyl (C=O) groups is 2. The van der Waals surface area contributed by atoms with Crippen LogP contribution >= 0.6 is 0 Å². The van der Waals surface area contributed by atoms with Crippen LogP contribution < -0.4 is 0 Å². The van der Waals surface area contributed by atoms with E-state index >= 15 is 0 Å². The predicted octanol–water partition coefficient (Wildman–Crippen LogP) is 4.38. The highest BCUT2D eigenvalue weighted by Gasteiger charge is 2.49. The first-order valence-electron chi connectivity index (χ1n) is 9.47. The van der Waals surface area contributed by atoms with Gasteiger partial charge in [-0.15, -0.1) is 0 Å². The Bertz CT molecular complexity index is 650. The van der Waals surface area contributed by atoms with Crippen molar-refractivity contribution in [3.05, 3.63) is 35.9 Å². The van der Waals surface area contributed by atoms with E-state index in [0.29, 0.717) is 18.6 Å². The summed E-state index contributed by atoms with van der Waals surface area (Å²) in [6.07, 6.45) is 0.497. The van der Waals surface area contributed by atoms with E-state index in [1.165, 1.54) is 0 Å². The molecule has 2 atom stereocenters. The van der Waals surface area contributed by atoms with Gasteiger partial charge in [0.05, 0.1) is 18.2 Å². The second kappa shape index (κ2) is 8.30. The number of carbonyl (C=O) groups excluding carboxylic acids is 2. The van der Waals surface area contributed by atoms with E-state index in [-0.39, 0.29) is 0 Å². The first kappa shape index (κ1) is 21.2. The average molecular weight is 377 g/mol. The van der Waals surface area contributed by atoms with Crippen LogP contribution in [0.5, 0.6) is 0 Å². The molecule has 6 heteroatoms. The van der Waals surface area contributed by atoms with E-state index in [1.807, 2.05) is 47.6 Å². The number of ether oxygens (including phenoxy) is 3. The molecule has 0 saturated carbocycles. The van der Waals surface area contributed by atoms with Gasteiger partial charge in [-0.3, -0.25) is 4.90 Å². The molecule has 0 N–H and O–H groups in total. The smallest absolute Gasteiger partial charge is 0.413 e. The summed E-state index contributed by atoms with van der Waals surface area (Å²) in [5.74, 6) is -0.400. The summed E-state index contributed by atoms with van der Waals surface area (Å²) in [5.41, 5.74) is -0.972. The maximum absolute atomic E-state index is 12.8. The van der Waals surface area contributed by atoms with Gasteiger partial charge in [-0.25, -0.2) is 9.59 Å². The maximum atomic E-state index is 12.8. The number of nitrogens with zero attached hydrogens (tertiary/aromatic N) is 1. The van der Waals surface area contributed by atoms with Gasteiger partial charge in [0, 0.05) is 0 Å². The molecule has 1 aliphatic rings. The van der Waals surface area contributed by atoms with Crippen LogP contribution in [-0.4, -0.2) is 47.0 Å². The summed E-state index contributed by atoms with van der Waals surface area (Å²) in [7, 11) is 0. The zero-order chi connectivity index (χ0) is 20.2. The lowest BCUT2D eigenvalue weighted by molar-refractivity contribution is -0.0697. The number of esters is 1. The number of benzene rings is 1. The summed E-state index contributed by atoms with van der Waals surface area (Å²) in [5, 5.41) is 0. The Labute approximate surface area is 161 Å². The molecule has 1 aromatic rings. The van der Waals surface area contributed by atoms with Gasteiger partial charge in [0.2, 0.25) is 0 Å². The van der Waals surface area contributed by atoms with Gasteiger partial charge in [0.25, 0.3) is 0 Å². The van der Waals surface area contributed by atoms with Crippen LogP contribution in [0.25, 0.3) is 0 Å². The van der Waals surface area contributed by atoms with Crippen molar-refractivity contribution >= 4 is 12.1 Å². The molecule has 0 bridgehead atoms. The van der Waals surface area contributed by atoms with E-state index in [0.717, 1.165) is 6.42 Å². The van der Waals surface area contributed by atoms with Crippen molar-refractivity contribution in [3.8, 4) is 0 Å². The maximum Gasteiger partial charge on any atom is 0.413 e. The highest BCUT2D eigenvalue weighted by atomic mass is 16.6. The molecule has 1 aromatic carbocycles. The van der Waals surface area contributed by atoms with E-state index < -0.39 is 35.5 Å². The van der Waals surface area contributed by atoms with Gasteiger partial charge >= 0.3 is 12.1 Å². The van der Waals surface area contributed by atoms with Gasteiger partial charge in [0.1, 0.15) is 17.4 Å². The van der Waals surface area contributed by atoms with Crippen LogP contribution in [0.4, 0.5) is 4.79 Å². The first-order chi connectivity index (χ1) is 12.5. The van der Waals surface area contributed by atoms with E-state index in [9.17, 15) is 9.59 Å². The third kappa shape index (κ3) is 5.45. The van der Waals surface area contributed by atoms with Crippen molar-refractivity contribution < 1.29 is 23.8 Å². The molecular weight excluding hydrogens is 346 g/mol. The zero-order valence-corrected chi connectivity index (χ0v) is 17.2. The second-order valence-electron chi connectivity index (χ2n) is 8.27. The Morgan fingerprint density at radius 2 is 1.89 bits per heavy atom. The average Bonchev–Trinajstić information content (AvgIpc) is 2.89. The van der Waals surface area contributed by atoms with Crippen LogP contribution in [0.1, 0.15) is 64.7 Å². The largest absolute Gasteiger partial charge is 0.456 e. The van der Waals surface area contributed by atoms with Crippen molar-refractivity contribution in [2.45, 2.75) is 77.9 Å². The molecule has 1 saturated heterocycles. The molecule has 0 spiro atoms. The molecule has 27 heavy (non-hydrogen) atoms. The van der Waals surface area contributed by atoms with E-state index in [2.05, 4.69) is 0 Å². The van der Waals surface area contributed by atoms with Crippen molar-refractivity contribution in [1.82, 2.24) is 4.90 Å². The predicted molar refractivity (Wildman–Crippen MR) is 102 cm³/mol. The third-order valence-corrected chi connectivity index (χ3v) is 4.38. The SMILES string of the molecule is CCCC(OC(=O)c1ccccc1)C1COC(C)(C)N1C(=O)OC(C)(C)C. The molecule has 150 valence electrons. The molecule has 2 rings (SSSR count). The molecule has 1 aliphatic heterocycles. The van der Waals surface area contributed by atoms with Crippen LogP contribution in [0, 0.1) is 0 Å². The fraction of sp³-hybridized carbons (Fsp3) is 0.619. The van der Waals surface area contributed by atoms with Crippen LogP contribution in [0.2, 0.25) is 0 Å². The van der Waals surface area contributed by atoms with Gasteiger partial charge < -0.3 is 14.2 Å². The Morgan fingerprint density at radius 1 is 1.26 bits per heavy atom. The van der Waals surface area contributed by atoms with Crippen LogP contribution in [0.3, 0.4) is 0 Å². The standard InChI is InChI=1S/C21H31NO5/c1-7-11-17(26-18(23)15-12-9-8-10-13-15)16-14-25-21(5,6)22(16)19(24)27-20(2,3)4/h8-10,12-13,16-17H,7,11,14H2,1-6H3. The number of hydrogen-bond donors (Lipinski definition) is 0. The quantitative estimate of drug-likeness (QED) is 0.712. The Hall–Kier alpha value is -2.08. The number of rotatable bonds is 5. The van der Waals surface area contributed by atoms with E-state index in [4.69, 9.17) is 14.2 Å². The van der Waals surface area contributed by atoms with Gasteiger partial charge in [-0.2, -0.15) is 0 Å². The third-order valence-electron chi connectivity index (χ3n) is 4.38. The molecule has 0 radical (unpaired) electrons. The minimum Gasteiger partial charge on any atom is -0.456 e. The lowest BCUT2D eigenvalue weighted by atomic mass is 10.0. The summed E-state index contributed by atoms with van der Waals surface area (Å²) in [4.78, 5) is 27.0. The van der Waals surface area contributed by atoms with Crippen molar-refractivity contribution in [2.24, 2.45) is 0 Å². The second-order valence-corrected chi connectivity index (χ2v) is 8.27. The molecule has 1 fully saturated rings. The normalized spacial score (nSPS) is 20.2. The van der Waals surface area contributed by atoms with Crippen LogP contribution in [-0.2, 0) is 14.2 Å². The molecule has 0 aromatic heterocycles. The molecule has 6 nitrogen and oxygen atoms in total. The zero-order valence-electron chi connectivity index (χ0n) is 17.2. The lowest BCUT2D eigenvalue weighted by Gasteiger charge is -2.37. The molecule has 1 amide bonds. The van der Waals surface area contributed by atoms with Crippen molar-refractivity contribution in [3.63, 3.8) is 0 Å².